The monoisotopic (exact) mass is 261 g/mol. The van der Waals surface area contributed by atoms with Gasteiger partial charge in [-0.2, -0.15) is 18.3 Å². The maximum atomic E-state index is 12.7. The Morgan fingerprint density at radius 1 is 1.39 bits per heavy atom. The van der Waals surface area contributed by atoms with Gasteiger partial charge in [0.05, 0.1) is 6.54 Å². The average Bonchev–Trinajstić information content (AvgIpc) is 2.42. The SMILES string of the molecule is CC(C)(N)Cn1nc(C(F)(F)F)cc1C1CCC1. The van der Waals surface area contributed by atoms with Crippen LogP contribution in [-0.4, -0.2) is 15.3 Å². The van der Waals surface area contributed by atoms with Crippen LogP contribution in [0.15, 0.2) is 6.07 Å². The second-order valence-electron chi connectivity index (χ2n) is 5.73. The first kappa shape index (κ1) is 13.4. The molecule has 1 fully saturated rings. The number of aromatic nitrogens is 2. The summed E-state index contributed by atoms with van der Waals surface area (Å²) in [5.74, 6) is 0.205. The van der Waals surface area contributed by atoms with Crippen LogP contribution in [0.3, 0.4) is 0 Å². The van der Waals surface area contributed by atoms with Gasteiger partial charge in [-0.1, -0.05) is 6.42 Å². The zero-order chi connectivity index (χ0) is 13.6. The third kappa shape index (κ3) is 2.85. The number of alkyl halides is 3. The van der Waals surface area contributed by atoms with E-state index in [4.69, 9.17) is 5.73 Å². The highest BCUT2D eigenvalue weighted by Crippen LogP contribution is 2.39. The molecule has 102 valence electrons. The quantitative estimate of drug-likeness (QED) is 0.909. The van der Waals surface area contributed by atoms with Crippen molar-refractivity contribution in [3.05, 3.63) is 17.5 Å². The predicted molar refractivity (Wildman–Crippen MR) is 62.1 cm³/mol. The molecule has 1 aliphatic carbocycles. The van der Waals surface area contributed by atoms with Crippen molar-refractivity contribution in [3.63, 3.8) is 0 Å². The highest BCUT2D eigenvalue weighted by Gasteiger charge is 2.37. The van der Waals surface area contributed by atoms with Gasteiger partial charge in [0.1, 0.15) is 0 Å². The molecule has 3 nitrogen and oxygen atoms in total. The molecule has 0 aliphatic heterocycles. The third-order valence-corrected chi connectivity index (χ3v) is 3.18. The highest BCUT2D eigenvalue weighted by atomic mass is 19.4. The fourth-order valence-corrected chi connectivity index (χ4v) is 2.12. The van der Waals surface area contributed by atoms with Crippen molar-refractivity contribution in [2.45, 2.75) is 57.3 Å². The molecule has 0 bridgehead atoms. The van der Waals surface area contributed by atoms with E-state index < -0.39 is 17.4 Å². The lowest BCUT2D eigenvalue weighted by Crippen LogP contribution is -2.38. The normalized spacial score (nSPS) is 17.9. The summed E-state index contributed by atoms with van der Waals surface area (Å²) in [4.78, 5) is 0. The Balaban J connectivity index is 2.33. The molecule has 18 heavy (non-hydrogen) atoms. The molecule has 0 atom stereocenters. The van der Waals surface area contributed by atoms with E-state index in [9.17, 15) is 13.2 Å². The van der Waals surface area contributed by atoms with Crippen LogP contribution in [0.25, 0.3) is 0 Å². The van der Waals surface area contributed by atoms with Crippen molar-refractivity contribution in [1.82, 2.24) is 9.78 Å². The molecule has 0 spiro atoms. The van der Waals surface area contributed by atoms with Gasteiger partial charge < -0.3 is 5.73 Å². The number of nitrogens with zero attached hydrogens (tertiary/aromatic N) is 2. The smallest absolute Gasteiger partial charge is 0.324 e. The van der Waals surface area contributed by atoms with E-state index in [-0.39, 0.29) is 5.92 Å². The summed E-state index contributed by atoms with van der Waals surface area (Å²) in [6.45, 7) is 3.87. The summed E-state index contributed by atoms with van der Waals surface area (Å²) in [7, 11) is 0. The Hall–Kier alpha value is -1.04. The van der Waals surface area contributed by atoms with Gasteiger partial charge in [-0.3, -0.25) is 4.68 Å². The molecule has 0 saturated heterocycles. The fraction of sp³-hybridized carbons (Fsp3) is 0.750. The summed E-state index contributed by atoms with van der Waals surface area (Å²) >= 11 is 0. The fourth-order valence-electron chi connectivity index (χ4n) is 2.12. The molecular weight excluding hydrogens is 243 g/mol. The van der Waals surface area contributed by atoms with Crippen LogP contribution in [0.4, 0.5) is 13.2 Å². The molecule has 0 amide bonds. The van der Waals surface area contributed by atoms with E-state index in [2.05, 4.69) is 5.10 Å². The summed E-state index contributed by atoms with van der Waals surface area (Å²) < 4.78 is 39.5. The van der Waals surface area contributed by atoms with Gasteiger partial charge in [-0.15, -0.1) is 0 Å². The van der Waals surface area contributed by atoms with Gasteiger partial charge in [0.15, 0.2) is 5.69 Å². The Bertz CT molecular complexity index is 425. The zero-order valence-electron chi connectivity index (χ0n) is 10.6. The topological polar surface area (TPSA) is 43.8 Å². The Morgan fingerprint density at radius 3 is 2.39 bits per heavy atom. The van der Waals surface area contributed by atoms with Gasteiger partial charge in [-0.25, -0.2) is 0 Å². The maximum Gasteiger partial charge on any atom is 0.435 e. The van der Waals surface area contributed by atoms with Crippen LogP contribution in [0.1, 0.15) is 50.4 Å². The van der Waals surface area contributed by atoms with E-state index in [1.807, 2.05) is 0 Å². The number of rotatable bonds is 3. The summed E-state index contributed by atoms with van der Waals surface area (Å²) in [5.41, 5.74) is 5.16. The van der Waals surface area contributed by atoms with E-state index >= 15 is 0 Å². The largest absolute Gasteiger partial charge is 0.435 e. The molecule has 1 aromatic rings. The minimum atomic E-state index is -4.39. The van der Waals surface area contributed by atoms with Crippen molar-refractivity contribution in [1.29, 1.82) is 0 Å². The van der Waals surface area contributed by atoms with E-state index in [1.54, 1.807) is 13.8 Å². The first-order valence-corrected chi connectivity index (χ1v) is 6.11. The average molecular weight is 261 g/mol. The lowest BCUT2D eigenvalue weighted by Gasteiger charge is -2.28. The number of nitrogens with two attached hydrogens (primary N) is 1. The van der Waals surface area contributed by atoms with Gasteiger partial charge in [0.25, 0.3) is 0 Å². The number of hydrogen-bond donors (Lipinski definition) is 1. The number of halogens is 3. The third-order valence-electron chi connectivity index (χ3n) is 3.18. The van der Waals surface area contributed by atoms with Gasteiger partial charge in [-0.05, 0) is 32.8 Å². The van der Waals surface area contributed by atoms with E-state index in [0.717, 1.165) is 19.3 Å². The van der Waals surface area contributed by atoms with Crippen molar-refractivity contribution in [3.8, 4) is 0 Å². The molecule has 2 N–H and O–H groups in total. The first-order valence-electron chi connectivity index (χ1n) is 6.11. The van der Waals surface area contributed by atoms with Crippen molar-refractivity contribution >= 4 is 0 Å². The maximum absolute atomic E-state index is 12.7. The summed E-state index contributed by atoms with van der Waals surface area (Å²) in [6.07, 6.45) is -1.44. The summed E-state index contributed by atoms with van der Waals surface area (Å²) in [6, 6.07) is 1.18. The van der Waals surface area contributed by atoms with Crippen LogP contribution < -0.4 is 5.73 Å². The van der Waals surface area contributed by atoms with Crippen molar-refractivity contribution in [2.24, 2.45) is 5.73 Å². The number of hydrogen-bond acceptors (Lipinski definition) is 2. The summed E-state index contributed by atoms with van der Waals surface area (Å²) in [5, 5.41) is 3.68. The molecule has 6 heteroatoms. The Kier molecular flexibility index (Phi) is 3.17. The van der Waals surface area contributed by atoms with Crippen molar-refractivity contribution < 1.29 is 13.2 Å². The van der Waals surface area contributed by atoms with Crippen LogP contribution in [-0.2, 0) is 12.7 Å². The van der Waals surface area contributed by atoms with Crippen LogP contribution in [0.2, 0.25) is 0 Å². The molecular formula is C12H18F3N3. The van der Waals surface area contributed by atoms with E-state index in [1.165, 1.54) is 10.7 Å². The molecule has 0 aromatic carbocycles. The van der Waals surface area contributed by atoms with Gasteiger partial charge in [0.2, 0.25) is 0 Å². The lowest BCUT2D eigenvalue weighted by atomic mass is 9.82. The molecule has 1 aliphatic rings. The van der Waals surface area contributed by atoms with Crippen LogP contribution in [0.5, 0.6) is 0 Å². The second kappa shape index (κ2) is 4.26. The Morgan fingerprint density at radius 2 is 2.00 bits per heavy atom. The predicted octanol–water partition coefficient (Wildman–Crippen LogP) is 2.91. The molecule has 0 radical (unpaired) electrons. The first-order chi connectivity index (χ1) is 8.17. The Labute approximate surface area is 104 Å². The minimum Gasteiger partial charge on any atom is -0.324 e. The highest BCUT2D eigenvalue weighted by molar-refractivity contribution is 5.19. The minimum absolute atomic E-state index is 0.205. The standard InChI is InChI=1S/C12H18F3N3/c1-11(2,16)7-18-9(8-4-3-5-8)6-10(17-18)12(13,14)15/h6,8H,3-5,7,16H2,1-2H3. The van der Waals surface area contributed by atoms with Crippen molar-refractivity contribution in [2.75, 3.05) is 0 Å². The van der Waals surface area contributed by atoms with Gasteiger partial charge in [0, 0.05) is 17.2 Å². The molecule has 1 aromatic heterocycles. The molecule has 1 saturated carbocycles. The van der Waals surface area contributed by atoms with E-state index in [0.29, 0.717) is 12.2 Å². The lowest BCUT2D eigenvalue weighted by molar-refractivity contribution is -0.141. The molecule has 0 unspecified atom stereocenters. The van der Waals surface area contributed by atoms with Crippen LogP contribution in [0, 0.1) is 0 Å². The van der Waals surface area contributed by atoms with Crippen LogP contribution >= 0.6 is 0 Å². The van der Waals surface area contributed by atoms with Gasteiger partial charge >= 0.3 is 6.18 Å². The zero-order valence-corrected chi connectivity index (χ0v) is 10.6. The second-order valence-corrected chi connectivity index (χ2v) is 5.73. The molecule has 1 heterocycles. The molecule has 2 rings (SSSR count).